The van der Waals surface area contributed by atoms with E-state index in [9.17, 15) is 8.42 Å². The first-order valence-electron chi connectivity index (χ1n) is 9.98. The van der Waals surface area contributed by atoms with Gasteiger partial charge in [0.15, 0.2) is 0 Å². The molecular formula is C22H29ClN2O3S. The molecule has 0 aliphatic rings. The second-order valence-corrected chi connectivity index (χ2v) is 9.18. The van der Waals surface area contributed by atoms with Crippen LogP contribution in [-0.4, -0.2) is 20.4 Å². The van der Waals surface area contributed by atoms with E-state index in [-0.39, 0.29) is 5.75 Å². The molecule has 0 fully saturated rings. The Morgan fingerprint density at radius 1 is 0.966 bits per heavy atom. The molecule has 0 aliphatic heterocycles. The molecule has 2 aromatic rings. The zero-order chi connectivity index (χ0) is 21.0. The zero-order valence-corrected chi connectivity index (χ0v) is 18.4. The van der Waals surface area contributed by atoms with Crippen molar-refractivity contribution in [3.8, 4) is 5.75 Å². The molecule has 0 unspecified atom stereocenters. The molecule has 0 saturated heterocycles. The lowest BCUT2D eigenvalue weighted by Crippen LogP contribution is -2.21. The van der Waals surface area contributed by atoms with Crippen LogP contribution >= 0.6 is 11.6 Å². The summed E-state index contributed by atoms with van der Waals surface area (Å²) in [6.07, 6.45) is 7.73. The van der Waals surface area contributed by atoms with Crippen LogP contribution in [0, 0.1) is 0 Å². The lowest BCUT2D eigenvalue weighted by Gasteiger charge is -2.06. The van der Waals surface area contributed by atoms with Gasteiger partial charge < -0.3 is 4.74 Å². The van der Waals surface area contributed by atoms with Crippen LogP contribution in [0.3, 0.4) is 0 Å². The topological polar surface area (TPSA) is 67.8 Å². The van der Waals surface area contributed by atoms with Crippen molar-refractivity contribution in [3.05, 3.63) is 64.7 Å². The fourth-order valence-corrected chi connectivity index (χ4v) is 3.71. The van der Waals surface area contributed by atoms with Gasteiger partial charge in [-0.2, -0.15) is 5.10 Å². The van der Waals surface area contributed by atoms with Gasteiger partial charge in [-0.1, -0.05) is 62.8 Å². The third-order valence-electron chi connectivity index (χ3n) is 4.37. The van der Waals surface area contributed by atoms with E-state index in [0.717, 1.165) is 29.7 Å². The Bertz CT molecular complexity index is 851. The fraction of sp³-hybridized carbons (Fsp3) is 0.409. The summed E-state index contributed by atoms with van der Waals surface area (Å²) < 4.78 is 29.6. The summed E-state index contributed by atoms with van der Waals surface area (Å²) in [5.41, 5.74) is 1.81. The Kier molecular flexibility index (Phi) is 10.0. The average Bonchev–Trinajstić information content (AvgIpc) is 2.71. The highest BCUT2D eigenvalue weighted by molar-refractivity contribution is 7.89. The van der Waals surface area contributed by atoms with Gasteiger partial charge in [-0.15, -0.1) is 0 Å². The van der Waals surface area contributed by atoms with Crippen molar-refractivity contribution in [1.29, 1.82) is 0 Å². The maximum atomic E-state index is 12.0. The van der Waals surface area contributed by atoms with Crippen molar-refractivity contribution in [2.45, 2.75) is 52.1 Å². The Balaban J connectivity index is 1.72. The fourth-order valence-electron chi connectivity index (χ4n) is 2.70. The number of rotatable bonds is 13. The SMILES string of the molecule is CCCCCCCCS(=O)(=O)N/N=C/c1ccc(OCc2ccc(Cl)cc2)cc1. The second kappa shape index (κ2) is 12.5. The molecule has 0 aromatic heterocycles. The molecule has 1 N–H and O–H groups in total. The smallest absolute Gasteiger partial charge is 0.247 e. The Hall–Kier alpha value is -2.05. The van der Waals surface area contributed by atoms with Gasteiger partial charge in [0.05, 0.1) is 12.0 Å². The minimum absolute atomic E-state index is 0.105. The van der Waals surface area contributed by atoms with Gasteiger partial charge in [0, 0.05) is 5.02 Å². The number of nitrogens with one attached hydrogen (secondary N) is 1. The number of hydrogen-bond donors (Lipinski definition) is 1. The van der Waals surface area contributed by atoms with E-state index in [4.69, 9.17) is 16.3 Å². The summed E-state index contributed by atoms with van der Waals surface area (Å²) in [6.45, 7) is 2.61. The highest BCUT2D eigenvalue weighted by Gasteiger charge is 2.07. The number of nitrogens with zero attached hydrogens (tertiary/aromatic N) is 1. The van der Waals surface area contributed by atoms with Crippen molar-refractivity contribution in [2.24, 2.45) is 5.10 Å². The largest absolute Gasteiger partial charge is 0.489 e. The van der Waals surface area contributed by atoms with E-state index in [2.05, 4.69) is 16.9 Å². The van der Waals surface area contributed by atoms with Crippen molar-refractivity contribution in [2.75, 3.05) is 5.75 Å². The van der Waals surface area contributed by atoms with Crippen molar-refractivity contribution in [3.63, 3.8) is 0 Å². The van der Waals surface area contributed by atoms with Crippen LogP contribution in [0.15, 0.2) is 53.6 Å². The molecule has 158 valence electrons. The predicted molar refractivity (Wildman–Crippen MR) is 120 cm³/mol. The summed E-state index contributed by atoms with van der Waals surface area (Å²) in [5, 5.41) is 4.55. The van der Waals surface area contributed by atoms with Gasteiger partial charge in [0.2, 0.25) is 10.0 Å². The Labute approximate surface area is 179 Å². The molecule has 0 bridgehead atoms. The second-order valence-electron chi connectivity index (χ2n) is 6.92. The van der Waals surface area contributed by atoms with E-state index in [0.29, 0.717) is 18.1 Å². The molecule has 0 amide bonds. The van der Waals surface area contributed by atoms with Gasteiger partial charge in [-0.05, 0) is 53.9 Å². The first-order valence-corrected chi connectivity index (χ1v) is 12.0. The van der Waals surface area contributed by atoms with Gasteiger partial charge in [0.25, 0.3) is 0 Å². The van der Waals surface area contributed by atoms with E-state index in [1.54, 1.807) is 0 Å². The maximum Gasteiger partial charge on any atom is 0.247 e. The van der Waals surface area contributed by atoms with Crippen LogP contribution < -0.4 is 9.57 Å². The number of hydrogen-bond acceptors (Lipinski definition) is 4. The first-order chi connectivity index (χ1) is 14.0. The molecular weight excluding hydrogens is 408 g/mol. The van der Waals surface area contributed by atoms with Gasteiger partial charge in [-0.3, -0.25) is 0 Å². The van der Waals surface area contributed by atoms with Crippen molar-refractivity contribution in [1.82, 2.24) is 4.83 Å². The number of sulfonamides is 1. The van der Waals surface area contributed by atoms with E-state index in [1.165, 1.54) is 25.5 Å². The van der Waals surface area contributed by atoms with Crippen LogP contribution in [0.5, 0.6) is 5.75 Å². The monoisotopic (exact) mass is 436 g/mol. The Morgan fingerprint density at radius 2 is 1.62 bits per heavy atom. The molecule has 0 aliphatic carbocycles. The lowest BCUT2D eigenvalue weighted by atomic mass is 10.1. The number of unbranched alkanes of at least 4 members (excludes halogenated alkanes) is 5. The van der Waals surface area contributed by atoms with Crippen LogP contribution in [0.25, 0.3) is 0 Å². The average molecular weight is 437 g/mol. The molecule has 0 spiro atoms. The third kappa shape index (κ3) is 9.81. The molecule has 2 rings (SSSR count). The molecule has 0 saturated carbocycles. The standard InChI is InChI=1S/C22H29ClN2O3S/c1-2-3-4-5-6-7-16-29(26,27)25-24-17-19-10-14-22(15-11-19)28-18-20-8-12-21(23)13-9-20/h8-15,17,25H,2-7,16,18H2,1H3/b24-17+. The van der Waals surface area contributed by atoms with Crippen LogP contribution in [0.4, 0.5) is 0 Å². The molecule has 5 nitrogen and oxygen atoms in total. The molecule has 2 aromatic carbocycles. The summed E-state index contributed by atoms with van der Waals surface area (Å²) in [4.78, 5) is 2.27. The van der Waals surface area contributed by atoms with E-state index >= 15 is 0 Å². The molecule has 7 heteroatoms. The summed E-state index contributed by atoms with van der Waals surface area (Å²) >= 11 is 5.87. The number of benzene rings is 2. The third-order valence-corrected chi connectivity index (χ3v) is 5.83. The van der Waals surface area contributed by atoms with E-state index in [1.807, 2.05) is 48.5 Å². The zero-order valence-electron chi connectivity index (χ0n) is 16.8. The summed E-state index contributed by atoms with van der Waals surface area (Å²) in [7, 11) is -3.38. The van der Waals surface area contributed by atoms with E-state index < -0.39 is 10.0 Å². The molecule has 0 heterocycles. The molecule has 29 heavy (non-hydrogen) atoms. The summed E-state index contributed by atoms with van der Waals surface area (Å²) in [6, 6.07) is 14.8. The number of ether oxygens (including phenoxy) is 1. The first kappa shape index (κ1) is 23.2. The van der Waals surface area contributed by atoms with Crippen molar-refractivity contribution < 1.29 is 13.2 Å². The normalized spacial score (nSPS) is 11.7. The lowest BCUT2D eigenvalue weighted by molar-refractivity contribution is 0.306. The minimum Gasteiger partial charge on any atom is -0.489 e. The minimum atomic E-state index is -3.38. The van der Waals surface area contributed by atoms with Gasteiger partial charge >= 0.3 is 0 Å². The quantitative estimate of drug-likeness (QED) is 0.255. The molecule has 0 radical (unpaired) electrons. The predicted octanol–water partition coefficient (Wildman–Crippen LogP) is 5.53. The Morgan fingerprint density at radius 3 is 2.31 bits per heavy atom. The molecule has 0 atom stereocenters. The summed E-state index contributed by atoms with van der Waals surface area (Å²) in [5.74, 6) is 0.828. The van der Waals surface area contributed by atoms with Gasteiger partial charge in [-0.25, -0.2) is 13.2 Å². The van der Waals surface area contributed by atoms with Crippen LogP contribution in [0.2, 0.25) is 5.02 Å². The van der Waals surface area contributed by atoms with Crippen molar-refractivity contribution >= 4 is 27.8 Å². The van der Waals surface area contributed by atoms with Crippen LogP contribution in [0.1, 0.15) is 56.6 Å². The highest BCUT2D eigenvalue weighted by atomic mass is 35.5. The van der Waals surface area contributed by atoms with Gasteiger partial charge in [0.1, 0.15) is 12.4 Å². The maximum absolute atomic E-state index is 12.0. The highest BCUT2D eigenvalue weighted by Crippen LogP contribution is 2.15. The van der Waals surface area contributed by atoms with Crippen LogP contribution in [-0.2, 0) is 16.6 Å². The number of halogens is 1. The number of hydrazone groups is 1.